The van der Waals surface area contributed by atoms with Gasteiger partial charge in [-0.2, -0.15) is 0 Å². The van der Waals surface area contributed by atoms with Crippen LogP contribution in [0.5, 0.6) is 0 Å². The van der Waals surface area contributed by atoms with E-state index in [-0.39, 0.29) is 18.0 Å². The molecule has 0 bridgehead atoms. The fourth-order valence-electron chi connectivity index (χ4n) is 0.894. The van der Waals surface area contributed by atoms with Crippen LogP contribution in [0.3, 0.4) is 0 Å². The zero-order valence-corrected chi connectivity index (χ0v) is 8.26. The summed E-state index contributed by atoms with van der Waals surface area (Å²) in [6.07, 6.45) is 2.67. The number of rotatable bonds is 5. The summed E-state index contributed by atoms with van der Waals surface area (Å²) in [7, 11) is 0. The second kappa shape index (κ2) is 6.00. The molecule has 2 atom stereocenters. The van der Waals surface area contributed by atoms with Gasteiger partial charge in [0.2, 0.25) is 5.91 Å². The molecule has 0 fully saturated rings. The highest BCUT2D eigenvalue weighted by Gasteiger charge is 2.13. The summed E-state index contributed by atoms with van der Waals surface area (Å²) in [5.74, 6) is -0.0220. The van der Waals surface area contributed by atoms with E-state index in [1.807, 2.05) is 20.8 Å². The lowest BCUT2D eigenvalue weighted by Crippen LogP contribution is -2.44. The summed E-state index contributed by atoms with van der Waals surface area (Å²) in [6.45, 7) is 6.04. The SMILES string of the molecule is CCCC(N)C(=O)NC(C)CC. The van der Waals surface area contributed by atoms with Crippen molar-refractivity contribution in [1.29, 1.82) is 0 Å². The quantitative estimate of drug-likeness (QED) is 0.650. The van der Waals surface area contributed by atoms with Gasteiger partial charge in [-0.3, -0.25) is 4.79 Å². The maximum absolute atomic E-state index is 11.3. The van der Waals surface area contributed by atoms with Crippen LogP contribution >= 0.6 is 0 Å². The van der Waals surface area contributed by atoms with Crippen molar-refractivity contribution >= 4 is 5.91 Å². The molecule has 0 saturated heterocycles. The minimum absolute atomic E-state index is 0.0220. The molecule has 0 rings (SSSR count). The molecule has 0 spiro atoms. The molecule has 2 unspecified atom stereocenters. The molecular formula is C9H20N2O. The molecule has 0 aromatic carbocycles. The van der Waals surface area contributed by atoms with E-state index in [4.69, 9.17) is 5.73 Å². The smallest absolute Gasteiger partial charge is 0.237 e. The van der Waals surface area contributed by atoms with Crippen LogP contribution in [0.4, 0.5) is 0 Å². The third-order valence-electron chi connectivity index (χ3n) is 1.94. The van der Waals surface area contributed by atoms with Crippen LogP contribution in [0, 0.1) is 0 Å². The van der Waals surface area contributed by atoms with Gasteiger partial charge in [-0.1, -0.05) is 20.3 Å². The second-order valence-corrected chi connectivity index (χ2v) is 3.21. The molecule has 0 aliphatic carbocycles. The van der Waals surface area contributed by atoms with Crippen molar-refractivity contribution in [1.82, 2.24) is 5.32 Å². The number of hydrogen-bond acceptors (Lipinski definition) is 2. The fourth-order valence-corrected chi connectivity index (χ4v) is 0.894. The average molecular weight is 172 g/mol. The first-order valence-corrected chi connectivity index (χ1v) is 4.67. The zero-order chi connectivity index (χ0) is 9.56. The van der Waals surface area contributed by atoms with E-state index in [0.717, 1.165) is 19.3 Å². The Kier molecular flexibility index (Phi) is 5.72. The maximum Gasteiger partial charge on any atom is 0.237 e. The molecule has 1 amide bonds. The molecule has 3 heteroatoms. The molecule has 0 radical (unpaired) electrons. The first-order valence-electron chi connectivity index (χ1n) is 4.67. The average Bonchev–Trinajstić information content (AvgIpc) is 2.04. The summed E-state index contributed by atoms with van der Waals surface area (Å²) >= 11 is 0. The van der Waals surface area contributed by atoms with Gasteiger partial charge in [-0.25, -0.2) is 0 Å². The highest BCUT2D eigenvalue weighted by Crippen LogP contribution is 1.95. The van der Waals surface area contributed by atoms with Gasteiger partial charge in [0.05, 0.1) is 6.04 Å². The number of amides is 1. The van der Waals surface area contributed by atoms with E-state index < -0.39 is 0 Å². The minimum atomic E-state index is -0.330. The highest BCUT2D eigenvalue weighted by molar-refractivity contribution is 5.81. The third-order valence-corrected chi connectivity index (χ3v) is 1.94. The Bertz CT molecular complexity index is 136. The lowest BCUT2D eigenvalue weighted by molar-refractivity contribution is -0.123. The molecule has 0 aliphatic heterocycles. The van der Waals surface area contributed by atoms with Gasteiger partial charge in [-0.05, 0) is 19.8 Å². The molecule has 0 heterocycles. The van der Waals surface area contributed by atoms with Gasteiger partial charge in [0.25, 0.3) is 0 Å². The standard InChI is InChI=1S/C9H20N2O/c1-4-6-8(10)9(12)11-7(3)5-2/h7-8H,4-6,10H2,1-3H3,(H,11,12). The van der Waals surface area contributed by atoms with Gasteiger partial charge >= 0.3 is 0 Å². The molecule has 0 aromatic rings. The third kappa shape index (κ3) is 4.34. The molecule has 0 aromatic heterocycles. The lowest BCUT2D eigenvalue weighted by atomic mass is 10.1. The summed E-state index contributed by atoms with van der Waals surface area (Å²) in [5, 5.41) is 2.85. The first-order chi connectivity index (χ1) is 5.61. The van der Waals surface area contributed by atoms with Gasteiger partial charge < -0.3 is 11.1 Å². The monoisotopic (exact) mass is 172 g/mol. The topological polar surface area (TPSA) is 55.1 Å². The summed E-state index contributed by atoms with van der Waals surface area (Å²) < 4.78 is 0. The van der Waals surface area contributed by atoms with Gasteiger partial charge in [0.1, 0.15) is 0 Å². The number of hydrogen-bond donors (Lipinski definition) is 2. The van der Waals surface area contributed by atoms with Gasteiger partial charge in [0, 0.05) is 6.04 Å². The molecule has 3 nitrogen and oxygen atoms in total. The predicted octanol–water partition coefficient (Wildman–Crippen LogP) is 1.03. The van der Waals surface area contributed by atoms with E-state index in [2.05, 4.69) is 5.32 Å². The minimum Gasteiger partial charge on any atom is -0.352 e. The molecule has 12 heavy (non-hydrogen) atoms. The van der Waals surface area contributed by atoms with Crippen molar-refractivity contribution < 1.29 is 4.79 Å². The van der Waals surface area contributed by atoms with E-state index in [1.54, 1.807) is 0 Å². The van der Waals surface area contributed by atoms with Crippen LogP contribution in [0.15, 0.2) is 0 Å². The van der Waals surface area contributed by atoms with Crippen molar-refractivity contribution in [3.8, 4) is 0 Å². The van der Waals surface area contributed by atoms with Crippen molar-refractivity contribution in [2.45, 2.75) is 52.1 Å². The zero-order valence-electron chi connectivity index (χ0n) is 8.26. The maximum atomic E-state index is 11.3. The van der Waals surface area contributed by atoms with Crippen LogP contribution in [-0.4, -0.2) is 18.0 Å². The van der Waals surface area contributed by atoms with E-state index >= 15 is 0 Å². The highest BCUT2D eigenvalue weighted by atomic mass is 16.2. The van der Waals surface area contributed by atoms with Crippen LogP contribution in [0.2, 0.25) is 0 Å². The number of nitrogens with one attached hydrogen (secondary N) is 1. The Labute approximate surface area is 74.7 Å². The molecule has 72 valence electrons. The van der Waals surface area contributed by atoms with E-state index in [0.29, 0.717) is 0 Å². The second-order valence-electron chi connectivity index (χ2n) is 3.21. The van der Waals surface area contributed by atoms with Crippen LogP contribution < -0.4 is 11.1 Å². The molecule has 0 aliphatic rings. The number of nitrogens with two attached hydrogens (primary N) is 1. The molecular weight excluding hydrogens is 152 g/mol. The summed E-state index contributed by atoms with van der Waals surface area (Å²) in [4.78, 5) is 11.3. The van der Waals surface area contributed by atoms with E-state index in [1.165, 1.54) is 0 Å². The molecule has 3 N–H and O–H groups in total. The summed E-state index contributed by atoms with van der Waals surface area (Å²) in [6, 6.07) is -0.0931. The number of carbonyl (C=O) groups is 1. The first kappa shape index (κ1) is 11.4. The van der Waals surface area contributed by atoms with E-state index in [9.17, 15) is 4.79 Å². The Balaban J connectivity index is 3.70. The number of carbonyl (C=O) groups excluding carboxylic acids is 1. The molecule has 0 saturated carbocycles. The summed E-state index contributed by atoms with van der Waals surface area (Å²) in [5.41, 5.74) is 5.62. The largest absolute Gasteiger partial charge is 0.352 e. The van der Waals surface area contributed by atoms with Crippen LogP contribution in [0.1, 0.15) is 40.0 Å². The van der Waals surface area contributed by atoms with Crippen LogP contribution in [-0.2, 0) is 4.79 Å². The Morgan fingerprint density at radius 2 is 2.08 bits per heavy atom. The lowest BCUT2D eigenvalue weighted by Gasteiger charge is -2.15. The van der Waals surface area contributed by atoms with Gasteiger partial charge in [0.15, 0.2) is 0 Å². The van der Waals surface area contributed by atoms with Crippen LogP contribution in [0.25, 0.3) is 0 Å². The Morgan fingerprint density at radius 1 is 1.50 bits per heavy atom. The Morgan fingerprint density at radius 3 is 2.50 bits per heavy atom. The van der Waals surface area contributed by atoms with Crippen molar-refractivity contribution in [2.75, 3.05) is 0 Å². The van der Waals surface area contributed by atoms with Gasteiger partial charge in [-0.15, -0.1) is 0 Å². The van der Waals surface area contributed by atoms with Crippen molar-refractivity contribution in [3.05, 3.63) is 0 Å². The fraction of sp³-hybridized carbons (Fsp3) is 0.889. The predicted molar refractivity (Wildman–Crippen MR) is 50.8 cm³/mol. The Hall–Kier alpha value is -0.570. The van der Waals surface area contributed by atoms with Crippen molar-refractivity contribution in [3.63, 3.8) is 0 Å². The normalized spacial score (nSPS) is 15.3. The van der Waals surface area contributed by atoms with Crippen molar-refractivity contribution in [2.24, 2.45) is 5.73 Å².